The minimum atomic E-state index is -2.16. The summed E-state index contributed by atoms with van der Waals surface area (Å²) in [6.07, 6.45) is 0.762. The van der Waals surface area contributed by atoms with Crippen LogP contribution in [0.5, 0.6) is 0 Å². The maximum atomic E-state index is 13.6. The number of ether oxygens (including phenoxy) is 2. The molecule has 1 heterocycles. The van der Waals surface area contributed by atoms with Crippen LogP contribution in [0.2, 0.25) is 18.1 Å². The van der Waals surface area contributed by atoms with E-state index in [4.69, 9.17) is 13.9 Å². The molecule has 0 spiro atoms. The zero-order valence-corrected chi connectivity index (χ0v) is 30.7. The number of fused-ring (bicyclic) bond motifs is 1. The molecule has 0 saturated heterocycles. The highest BCUT2D eigenvalue weighted by molar-refractivity contribution is 6.74. The number of hydrogen-bond donors (Lipinski definition) is 0. The van der Waals surface area contributed by atoms with Gasteiger partial charge >= 0.3 is 12.2 Å². The molecular formula is C35H51N3O7Si. The number of anilines is 1. The Labute approximate surface area is 274 Å². The molecule has 1 atom stereocenters. The number of non-ortho nitro benzene ring substituents is 1. The molecule has 0 radical (unpaired) electrons. The number of benzene rings is 2. The number of amides is 1. The van der Waals surface area contributed by atoms with Crippen LogP contribution in [0.25, 0.3) is 10.9 Å². The van der Waals surface area contributed by atoms with Crippen LogP contribution in [0.1, 0.15) is 92.0 Å². The van der Waals surface area contributed by atoms with Gasteiger partial charge in [0.1, 0.15) is 11.2 Å². The van der Waals surface area contributed by atoms with Crippen LogP contribution < -0.4 is 4.90 Å². The van der Waals surface area contributed by atoms with E-state index in [1.165, 1.54) is 17.0 Å². The maximum absolute atomic E-state index is 13.6. The van der Waals surface area contributed by atoms with Gasteiger partial charge in [-0.1, -0.05) is 39.0 Å². The van der Waals surface area contributed by atoms with Gasteiger partial charge in [0.25, 0.3) is 5.69 Å². The lowest BCUT2D eigenvalue weighted by Crippen LogP contribution is -2.41. The third kappa shape index (κ3) is 8.76. The molecule has 0 N–H and O–H groups in total. The number of para-hydroxylation sites is 1. The first-order chi connectivity index (χ1) is 20.9. The summed E-state index contributed by atoms with van der Waals surface area (Å²) >= 11 is 0. The number of carbonyl (C=O) groups is 2. The van der Waals surface area contributed by atoms with Crippen molar-refractivity contribution in [3.8, 4) is 0 Å². The lowest BCUT2D eigenvalue weighted by molar-refractivity contribution is -0.384. The van der Waals surface area contributed by atoms with Crippen molar-refractivity contribution < 1.29 is 28.4 Å². The first-order valence-corrected chi connectivity index (χ1v) is 18.6. The minimum absolute atomic E-state index is 0.00536. The molecule has 46 heavy (non-hydrogen) atoms. The number of aryl methyl sites for hydroxylation is 1. The van der Waals surface area contributed by atoms with Crippen LogP contribution in [0.4, 0.5) is 21.0 Å². The molecule has 1 aromatic heterocycles. The van der Waals surface area contributed by atoms with Crippen LogP contribution in [0, 0.1) is 17.0 Å². The number of nitrogens with zero attached hydrogens (tertiary/aromatic N) is 3. The molecule has 252 valence electrons. The lowest BCUT2D eigenvalue weighted by atomic mass is 10.0. The molecule has 1 amide bonds. The summed E-state index contributed by atoms with van der Waals surface area (Å²) in [7, 11) is -2.16. The van der Waals surface area contributed by atoms with Gasteiger partial charge in [0.2, 0.25) is 0 Å². The number of hydrogen-bond acceptors (Lipinski definition) is 7. The largest absolute Gasteiger partial charge is 0.443 e. The van der Waals surface area contributed by atoms with E-state index in [9.17, 15) is 19.7 Å². The van der Waals surface area contributed by atoms with Crippen LogP contribution >= 0.6 is 0 Å². The summed E-state index contributed by atoms with van der Waals surface area (Å²) < 4.78 is 19.9. The molecule has 0 bridgehead atoms. The molecule has 0 fully saturated rings. The topological polar surface area (TPSA) is 113 Å². The lowest BCUT2D eigenvalue weighted by Gasteiger charge is -2.38. The fraction of sp³-hybridized carbons (Fsp3) is 0.543. The second-order valence-corrected chi connectivity index (χ2v) is 20.1. The van der Waals surface area contributed by atoms with Gasteiger partial charge in [0.15, 0.2) is 8.32 Å². The summed E-state index contributed by atoms with van der Waals surface area (Å²) in [5.41, 5.74) is 1.94. The molecule has 0 aliphatic heterocycles. The van der Waals surface area contributed by atoms with Gasteiger partial charge in [-0.15, -0.1) is 0 Å². The highest BCUT2D eigenvalue weighted by Gasteiger charge is 2.39. The Kier molecular flexibility index (Phi) is 10.5. The summed E-state index contributed by atoms with van der Waals surface area (Å²) in [5, 5.41) is 12.2. The van der Waals surface area contributed by atoms with Crippen LogP contribution in [0.15, 0.2) is 42.6 Å². The van der Waals surface area contributed by atoms with Crippen molar-refractivity contribution in [3.63, 3.8) is 0 Å². The first-order valence-electron chi connectivity index (χ1n) is 15.7. The van der Waals surface area contributed by atoms with Crippen molar-refractivity contribution in [3.05, 3.63) is 69.4 Å². The molecule has 3 aromatic rings. The predicted octanol–water partition coefficient (Wildman–Crippen LogP) is 9.71. The molecule has 0 aliphatic carbocycles. The molecule has 0 saturated carbocycles. The number of nitro benzene ring substituents is 1. The minimum Gasteiger partial charge on any atom is -0.443 e. The highest BCUT2D eigenvalue weighted by Crippen LogP contribution is 2.41. The third-order valence-corrected chi connectivity index (χ3v) is 12.7. The van der Waals surface area contributed by atoms with Crippen LogP contribution in [-0.4, -0.2) is 47.7 Å². The SMILES string of the molecule is Cc1cc([N+](=O)[O-])ccc1N(CCc1cn(C(=O)OC(C)(C)C)c2c(C(C)O[Si](C)(C)C(C)(C)C)cccc12)C(=O)OC(C)(C)C. The summed E-state index contributed by atoms with van der Waals surface area (Å²) in [5.74, 6) is 0. The first kappa shape index (κ1) is 36.8. The quantitative estimate of drug-likeness (QED) is 0.135. The number of nitro groups is 1. The standard InChI is InChI=1S/C35H51N3O7Si/c1-23-21-26(38(41)42)17-18-29(23)36(31(39)43-33(3,4)5)20-19-25-22-37(32(40)44-34(6,7)8)30-27(15-14-16-28(25)30)24(2)45-46(12,13)35(9,10)11/h14-18,21-22,24H,19-20H2,1-13H3. The van der Waals surface area contributed by atoms with E-state index < -0.39 is 36.6 Å². The number of carbonyl (C=O) groups excluding carboxylic acids is 2. The maximum Gasteiger partial charge on any atom is 0.419 e. The monoisotopic (exact) mass is 653 g/mol. The van der Waals surface area contributed by atoms with Gasteiger partial charge in [0, 0.05) is 35.8 Å². The van der Waals surface area contributed by atoms with Gasteiger partial charge in [-0.3, -0.25) is 19.6 Å². The van der Waals surface area contributed by atoms with Crippen molar-refractivity contribution >= 4 is 42.8 Å². The van der Waals surface area contributed by atoms with Gasteiger partial charge in [0.05, 0.1) is 22.2 Å². The average molecular weight is 654 g/mol. The van der Waals surface area contributed by atoms with E-state index in [1.54, 1.807) is 44.5 Å². The predicted molar refractivity (Wildman–Crippen MR) is 185 cm³/mol. The molecule has 10 nitrogen and oxygen atoms in total. The Morgan fingerprint density at radius 2 is 1.59 bits per heavy atom. The van der Waals surface area contributed by atoms with Gasteiger partial charge in [-0.05, 0) is 97.1 Å². The van der Waals surface area contributed by atoms with Gasteiger partial charge in [-0.25, -0.2) is 9.59 Å². The molecule has 3 rings (SSSR count). The van der Waals surface area contributed by atoms with Gasteiger partial charge < -0.3 is 13.9 Å². The van der Waals surface area contributed by atoms with Crippen molar-refractivity contribution in [1.29, 1.82) is 0 Å². The second-order valence-electron chi connectivity index (χ2n) is 15.4. The second kappa shape index (κ2) is 13.2. The Morgan fingerprint density at radius 3 is 2.11 bits per heavy atom. The van der Waals surface area contributed by atoms with E-state index in [1.807, 2.05) is 45.9 Å². The molecular weight excluding hydrogens is 602 g/mol. The Balaban J connectivity index is 2.13. The van der Waals surface area contributed by atoms with Crippen molar-refractivity contribution in [2.75, 3.05) is 11.4 Å². The Morgan fingerprint density at radius 1 is 0.978 bits per heavy atom. The molecule has 1 unspecified atom stereocenters. The van der Waals surface area contributed by atoms with E-state index in [-0.39, 0.29) is 23.4 Å². The van der Waals surface area contributed by atoms with Crippen LogP contribution in [0.3, 0.4) is 0 Å². The van der Waals surface area contributed by atoms with Crippen molar-refractivity contribution in [2.24, 2.45) is 0 Å². The van der Waals surface area contributed by atoms with Crippen molar-refractivity contribution in [2.45, 2.75) is 118 Å². The summed E-state index contributed by atoms with van der Waals surface area (Å²) in [6.45, 7) is 25.8. The molecule has 11 heteroatoms. The zero-order chi connectivity index (χ0) is 35.0. The zero-order valence-electron chi connectivity index (χ0n) is 29.7. The number of rotatable bonds is 8. The smallest absolute Gasteiger partial charge is 0.419 e. The van der Waals surface area contributed by atoms with E-state index in [0.29, 0.717) is 23.2 Å². The van der Waals surface area contributed by atoms with E-state index >= 15 is 0 Å². The molecule has 0 aliphatic rings. The molecule has 2 aromatic carbocycles. The van der Waals surface area contributed by atoms with Crippen LogP contribution in [-0.2, 0) is 20.3 Å². The van der Waals surface area contributed by atoms with E-state index in [0.717, 1.165) is 16.5 Å². The number of aromatic nitrogens is 1. The fourth-order valence-corrected chi connectivity index (χ4v) is 6.32. The normalized spacial score (nSPS) is 13.4. The van der Waals surface area contributed by atoms with E-state index in [2.05, 4.69) is 33.9 Å². The van der Waals surface area contributed by atoms with Crippen molar-refractivity contribution in [1.82, 2.24) is 4.57 Å². The third-order valence-electron chi connectivity index (χ3n) is 8.15. The summed E-state index contributed by atoms with van der Waals surface area (Å²) in [6, 6.07) is 10.3. The Hall–Kier alpha value is -3.70. The summed E-state index contributed by atoms with van der Waals surface area (Å²) in [4.78, 5) is 39.6. The van der Waals surface area contributed by atoms with Gasteiger partial charge in [-0.2, -0.15) is 0 Å². The fourth-order valence-electron chi connectivity index (χ4n) is 4.96. The Bertz CT molecular complexity index is 1610. The highest BCUT2D eigenvalue weighted by atomic mass is 28.4. The average Bonchev–Trinajstić information content (AvgIpc) is 3.25.